The van der Waals surface area contributed by atoms with Gasteiger partial charge in [-0.3, -0.25) is 19.1 Å². The van der Waals surface area contributed by atoms with E-state index in [1.807, 2.05) is 6.07 Å². The number of pyridine rings is 1. The lowest BCUT2D eigenvalue weighted by atomic mass is 10.2. The van der Waals surface area contributed by atoms with E-state index in [0.717, 1.165) is 11.3 Å². The SMILES string of the molecule is N#C/C(C(=O)Nc1ccc(Cl)cc1Cl)=c1\s/c(=C/c2ccccn2)c(=O)n1Cc1ccco1. The van der Waals surface area contributed by atoms with Crippen LogP contribution in [-0.2, 0) is 11.3 Å². The minimum absolute atomic E-state index is 0.0495. The highest BCUT2D eigenvalue weighted by Crippen LogP contribution is 2.25. The molecule has 3 heterocycles. The fourth-order valence-corrected chi connectivity index (χ4v) is 4.51. The number of nitrogens with one attached hydrogen (secondary N) is 1. The number of carbonyl (C=O) groups excluding carboxylic acids is 1. The molecule has 0 unspecified atom stereocenters. The van der Waals surface area contributed by atoms with Crippen LogP contribution < -0.4 is 20.1 Å². The molecule has 3 aromatic heterocycles. The second-order valence-corrected chi connectivity index (χ2v) is 8.58. The van der Waals surface area contributed by atoms with Crippen molar-refractivity contribution in [3.63, 3.8) is 0 Å². The molecule has 0 fully saturated rings. The smallest absolute Gasteiger partial charge is 0.269 e. The Balaban J connectivity index is 1.88. The van der Waals surface area contributed by atoms with Crippen LogP contribution in [-0.4, -0.2) is 15.5 Å². The van der Waals surface area contributed by atoms with Gasteiger partial charge in [0.2, 0.25) is 0 Å². The number of nitrogens with zero attached hydrogens (tertiary/aromatic N) is 3. The van der Waals surface area contributed by atoms with Gasteiger partial charge in [-0.15, -0.1) is 11.3 Å². The molecule has 10 heteroatoms. The number of anilines is 1. The molecule has 0 aliphatic heterocycles. The van der Waals surface area contributed by atoms with E-state index in [2.05, 4.69) is 10.3 Å². The number of hydrogen-bond donors (Lipinski definition) is 1. The molecule has 4 aromatic rings. The Morgan fingerprint density at radius 2 is 2.09 bits per heavy atom. The van der Waals surface area contributed by atoms with Gasteiger partial charge in [0.05, 0.1) is 33.7 Å². The van der Waals surface area contributed by atoms with E-state index >= 15 is 0 Å². The van der Waals surface area contributed by atoms with Gasteiger partial charge in [0.1, 0.15) is 16.5 Å². The van der Waals surface area contributed by atoms with Crippen molar-refractivity contribution in [3.05, 3.63) is 102 Å². The summed E-state index contributed by atoms with van der Waals surface area (Å²) in [6, 6.07) is 15.2. The molecule has 1 amide bonds. The molecule has 0 atom stereocenters. The zero-order chi connectivity index (χ0) is 23.4. The van der Waals surface area contributed by atoms with Gasteiger partial charge in [-0.25, -0.2) is 0 Å². The van der Waals surface area contributed by atoms with Crippen LogP contribution in [0, 0.1) is 11.3 Å². The minimum Gasteiger partial charge on any atom is -0.467 e. The van der Waals surface area contributed by atoms with Crippen LogP contribution in [0.25, 0.3) is 11.6 Å². The van der Waals surface area contributed by atoms with Crippen LogP contribution in [0.3, 0.4) is 0 Å². The van der Waals surface area contributed by atoms with E-state index in [0.29, 0.717) is 21.0 Å². The molecule has 0 bridgehead atoms. The zero-order valence-electron chi connectivity index (χ0n) is 16.8. The number of thiazole rings is 1. The van der Waals surface area contributed by atoms with Crippen molar-refractivity contribution in [2.75, 3.05) is 5.32 Å². The summed E-state index contributed by atoms with van der Waals surface area (Å²) in [7, 11) is 0. The van der Waals surface area contributed by atoms with Crippen LogP contribution in [0.5, 0.6) is 0 Å². The van der Waals surface area contributed by atoms with Gasteiger partial charge in [0.15, 0.2) is 5.57 Å². The van der Waals surface area contributed by atoms with Crippen LogP contribution in [0.1, 0.15) is 11.5 Å². The number of amides is 1. The third kappa shape index (κ3) is 5.07. The summed E-state index contributed by atoms with van der Waals surface area (Å²) in [6.07, 6.45) is 4.70. The van der Waals surface area contributed by atoms with Crippen molar-refractivity contribution in [1.82, 2.24) is 9.55 Å². The molecule has 1 aromatic carbocycles. The first-order chi connectivity index (χ1) is 16.0. The highest BCUT2D eigenvalue weighted by molar-refractivity contribution is 7.07. The predicted molar refractivity (Wildman–Crippen MR) is 128 cm³/mol. The Kier molecular flexibility index (Phi) is 6.75. The van der Waals surface area contributed by atoms with Crippen molar-refractivity contribution in [2.24, 2.45) is 0 Å². The van der Waals surface area contributed by atoms with Gasteiger partial charge in [0.25, 0.3) is 11.5 Å². The van der Waals surface area contributed by atoms with Crippen LogP contribution in [0.15, 0.2) is 70.2 Å². The zero-order valence-corrected chi connectivity index (χ0v) is 19.1. The van der Waals surface area contributed by atoms with E-state index in [4.69, 9.17) is 27.6 Å². The molecular formula is C23H14Cl2N4O3S. The van der Waals surface area contributed by atoms with Gasteiger partial charge < -0.3 is 9.73 Å². The molecule has 4 rings (SSSR count). The number of carbonyl (C=O) groups is 1. The Morgan fingerprint density at radius 3 is 2.76 bits per heavy atom. The monoisotopic (exact) mass is 496 g/mol. The van der Waals surface area contributed by atoms with E-state index < -0.39 is 5.91 Å². The minimum atomic E-state index is -0.708. The highest BCUT2D eigenvalue weighted by atomic mass is 35.5. The lowest BCUT2D eigenvalue weighted by Crippen LogP contribution is -2.33. The summed E-state index contributed by atoms with van der Waals surface area (Å²) >= 11 is 13.1. The molecule has 7 nitrogen and oxygen atoms in total. The van der Waals surface area contributed by atoms with Crippen LogP contribution in [0.2, 0.25) is 10.0 Å². The second-order valence-electron chi connectivity index (χ2n) is 6.71. The van der Waals surface area contributed by atoms with Gasteiger partial charge in [0, 0.05) is 11.2 Å². The molecule has 0 radical (unpaired) electrons. The maximum atomic E-state index is 13.2. The normalized spacial score (nSPS) is 12.3. The third-order valence-corrected chi connectivity index (χ3v) is 6.18. The Labute approximate surface area is 201 Å². The number of furan rings is 1. The molecule has 0 aliphatic carbocycles. The number of rotatable bonds is 5. The summed E-state index contributed by atoms with van der Waals surface area (Å²) < 4.78 is 7.21. The molecular weight excluding hydrogens is 483 g/mol. The molecule has 33 heavy (non-hydrogen) atoms. The number of nitriles is 1. The molecule has 1 N–H and O–H groups in total. The number of hydrogen-bond acceptors (Lipinski definition) is 6. The van der Waals surface area contributed by atoms with Crippen molar-refractivity contribution in [1.29, 1.82) is 5.26 Å². The Morgan fingerprint density at radius 1 is 1.24 bits per heavy atom. The summed E-state index contributed by atoms with van der Waals surface area (Å²) in [6.45, 7) is 0.0495. The van der Waals surface area contributed by atoms with E-state index in [9.17, 15) is 14.9 Å². The van der Waals surface area contributed by atoms with Gasteiger partial charge in [-0.2, -0.15) is 5.26 Å². The summed E-state index contributed by atoms with van der Waals surface area (Å²) in [5.41, 5.74) is 0.247. The Bertz CT molecular complexity index is 1540. The number of halogens is 2. The molecule has 0 aliphatic rings. The van der Waals surface area contributed by atoms with E-state index in [-0.39, 0.29) is 33.0 Å². The van der Waals surface area contributed by atoms with Gasteiger partial charge in [-0.1, -0.05) is 29.3 Å². The van der Waals surface area contributed by atoms with Crippen molar-refractivity contribution in [3.8, 4) is 6.07 Å². The standard InChI is InChI=1S/C23H14Cl2N4O3S/c24-14-6-7-19(18(25)10-14)28-21(30)17(12-26)23-29(13-16-5-3-9-32-16)22(31)20(33-23)11-15-4-1-2-8-27-15/h1-11H,13H2,(H,28,30)/b20-11+,23-17+. The van der Waals surface area contributed by atoms with E-state index in [1.165, 1.54) is 23.0 Å². The molecule has 164 valence electrons. The fraction of sp³-hybridized carbons (Fsp3) is 0.0435. The molecule has 0 saturated heterocycles. The van der Waals surface area contributed by atoms with Gasteiger partial charge >= 0.3 is 0 Å². The summed E-state index contributed by atoms with van der Waals surface area (Å²) in [5.74, 6) is -0.209. The lowest BCUT2D eigenvalue weighted by molar-refractivity contribution is -0.111. The average molecular weight is 497 g/mol. The first-order valence-corrected chi connectivity index (χ1v) is 11.1. The van der Waals surface area contributed by atoms with Crippen LogP contribution in [0.4, 0.5) is 5.69 Å². The summed E-state index contributed by atoms with van der Waals surface area (Å²) in [4.78, 5) is 30.4. The first kappa shape index (κ1) is 22.6. The largest absolute Gasteiger partial charge is 0.467 e. The summed E-state index contributed by atoms with van der Waals surface area (Å²) in [5, 5.41) is 13.1. The number of benzene rings is 1. The quantitative estimate of drug-likeness (QED) is 0.456. The second kappa shape index (κ2) is 9.88. The predicted octanol–water partition coefficient (Wildman–Crippen LogP) is 3.39. The van der Waals surface area contributed by atoms with Crippen molar-refractivity contribution >= 4 is 57.8 Å². The Hall–Kier alpha value is -3.64. The topological polar surface area (TPSA) is 101 Å². The highest BCUT2D eigenvalue weighted by Gasteiger charge is 2.18. The average Bonchev–Trinajstić information content (AvgIpc) is 3.42. The fourth-order valence-electron chi connectivity index (χ4n) is 2.97. The molecule has 0 saturated carbocycles. The number of aromatic nitrogens is 2. The lowest BCUT2D eigenvalue weighted by Gasteiger charge is -2.07. The van der Waals surface area contributed by atoms with E-state index in [1.54, 1.807) is 48.7 Å². The van der Waals surface area contributed by atoms with Crippen LogP contribution >= 0.6 is 34.5 Å². The maximum absolute atomic E-state index is 13.2. The van der Waals surface area contributed by atoms with Crippen molar-refractivity contribution in [2.45, 2.75) is 6.54 Å². The first-order valence-electron chi connectivity index (χ1n) is 9.52. The maximum Gasteiger partial charge on any atom is 0.269 e. The van der Waals surface area contributed by atoms with Gasteiger partial charge in [-0.05, 0) is 48.5 Å². The third-order valence-electron chi connectivity index (χ3n) is 4.50. The van der Waals surface area contributed by atoms with Crippen molar-refractivity contribution < 1.29 is 9.21 Å². The molecule has 0 spiro atoms.